The van der Waals surface area contributed by atoms with Gasteiger partial charge in [0.15, 0.2) is 0 Å². The summed E-state index contributed by atoms with van der Waals surface area (Å²) in [5.74, 6) is 0. The lowest BCUT2D eigenvalue weighted by molar-refractivity contribution is 0.132. The van der Waals surface area contributed by atoms with Crippen molar-refractivity contribution in [1.29, 1.82) is 0 Å². The van der Waals surface area contributed by atoms with Gasteiger partial charge in [0.1, 0.15) is 0 Å². The van der Waals surface area contributed by atoms with Crippen LogP contribution in [0.2, 0.25) is 0 Å². The molecule has 0 fully saturated rings. The monoisotopic (exact) mass is 213 g/mol. The Balaban J connectivity index is 1.85. The van der Waals surface area contributed by atoms with Crippen LogP contribution < -0.4 is 5.32 Å². The van der Waals surface area contributed by atoms with Crippen LogP contribution in [0.25, 0.3) is 0 Å². The van der Waals surface area contributed by atoms with Crippen molar-refractivity contribution >= 4 is 11.3 Å². The lowest BCUT2D eigenvalue weighted by atomic mass is 10.4. The quantitative estimate of drug-likeness (QED) is 0.670. The molecule has 0 amide bonds. The first-order chi connectivity index (χ1) is 6.93. The summed E-state index contributed by atoms with van der Waals surface area (Å²) in [5, 5.41) is 5.51. The summed E-state index contributed by atoms with van der Waals surface area (Å²) in [6.45, 7) is 5.94. The fourth-order valence-electron chi connectivity index (χ4n) is 1.17. The molecule has 1 rings (SSSR count). The Morgan fingerprint density at radius 1 is 1.43 bits per heavy atom. The van der Waals surface area contributed by atoms with Gasteiger partial charge in [0, 0.05) is 24.6 Å². The van der Waals surface area contributed by atoms with Gasteiger partial charge in [-0.2, -0.15) is 0 Å². The van der Waals surface area contributed by atoms with Crippen LogP contribution in [-0.4, -0.2) is 19.8 Å². The highest BCUT2D eigenvalue weighted by molar-refractivity contribution is 7.09. The lowest BCUT2D eigenvalue weighted by Gasteiger charge is -2.03. The topological polar surface area (TPSA) is 21.3 Å². The number of nitrogens with one attached hydrogen (secondary N) is 1. The predicted octanol–water partition coefficient (Wildman–Crippen LogP) is 2.65. The van der Waals surface area contributed by atoms with Crippen molar-refractivity contribution in [2.75, 3.05) is 19.8 Å². The van der Waals surface area contributed by atoms with Crippen LogP contribution in [0.5, 0.6) is 0 Å². The molecule has 0 radical (unpaired) electrons. The summed E-state index contributed by atoms with van der Waals surface area (Å²) < 4.78 is 5.38. The molecular weight excluding hydrogens is 194 g/mol. The van der Waals surface area contributed by atoms with E-state index in [4.69, 9.17) is 4.74 Å². The van der Waals surface area contributed by atoms with E-state index in [0.29, 0.717) is 0 Å². The third-order valence-electron chi connectivity index (χ3n) is 1.87. The molecule has 80 valence electrons. The smallest absolute Gasteiger partial charge is 0.0478 e. The average Bonchev–Trinajstić information content (AvgIpc) is 2.69. The predicted molar refractivity (Wildman–Crippen MR) is 61.8 cm³/mol. The van der Waals surface area contributed by atoms with Crippen molar-refractivity contribution in [2.45, 2.75) is 26.3 Å². The van der Waals surface area contributed by atoms with Gasteiger partial charge in [-0.05, 0) is 30.8 Å². The molecule has 0 spiro atoms. The Kier molecular flexibility index (Phi) is 6.66. The largest absolute Gasteiger partial charge is 0.381 e. The second kappa shape index (κ2) is 7.97. The molecule has 0 aliphatic rings. The Morgan fingerprint density at radius 2 is 2.36 bits per heavy atom. The molecule has 1 N–H and O–H groups in total. The maximum atomic E-state index is 5.38. The number of ether oxygens (including phenoxy) is 1. The van der Waals surface area contributed by atoms with Crippen molar-refractivity contribution in [1.82, 2.24) is 5.32 Å². The third-order valence-corrected chi connectivity index (χ3v) is 2.75. The highest BCUT2D eigenvalue weighted by atomic mass is 32.1. The fraction of sp³-hybridized carbons (Fsp3) is 0.636. The van der Waals surface area contributed by atoms with Crippen molar-refractivity contribution < 1.29 is 4.74 Å². The Morgan fingerprint density at radius 3 is 3.07 bits per heavy atom. The first kappa shape index (κ1) is 11.7. The molecule has 1 aromatic heterocycles. The van der Waals surface area contributed by atoms with Gasteiger partial charge in [-0.25, -0.2) is 0 Å². The van der Waals surface area contributed by atoms with Crippen LogP contribution in [0.15, 0.2) is 17.5 Å². The van der Waals surface area contributed by atoms with Crippen LogP contribution in [-0.2, 0) is 11.3 Å². The lowest BCUT2D eigenvalue weighted by Crippen LogP contribution is -2.15. The minimum Gasteiger partial charge on any atom is -0.381 e. The second-order valence-corrected chi connectivity index (χ2v) is 4.25. The Bertz CT molecular complexity index is 211. The number of rotatable bonds is 8. The highest BCUT2D eigenvalue weighted by Crippen LogP contribution is 2.06. The van der Waals surface area contributed by atoms with E-state index in [2.05, 4.69) is 29.8 Å². The molecule has 0 saturated carbocycles. The molecule has 0 atom stereocenters. The van der Waals surface area contributed by atoms with Crippen molar-refractivity contribution in [2.24, 2.45) is 0 Å². The van der Waals surface area contributed by atoms with Crippen molar-refractivity contribution in [3.63, 3.8) is 0 Å². The maximum Gasteiger partial charge on any atom is 0.0478 e. The van der Waals surface area contributed by atoms with E-state index in [9.17, 15) is 0 Å². The fourth-order valence-corrected chi connectivity index (χ4v) is 1.84. The summed E-state index contributed by atoms with van der Waals surface area (Å²) in [4.78, 5) is 1.40. The second-order valence-electron chi connectivity index (χ2n) is 3.22. The molecule has 3 heteroatoms. The molecule has 1 heterocycles. The van der Waals surface area contributed by atoms with Gasteiger partial charge < -0.3 is 10.1 Å². The van der Waals surface area contributed by atoms with Crippen molar-refractivity contribution in [3.05, 3.63) is 22.4 Å². The van der Waals surface area contributed by atoms with Gasteiger partial charge in [-0.15, -0.1) is 11.3 Å². The first-order valence-electron chi connectivity index (χ1n) is 5.24. The molecule has 14 heavy (non-hydrogen) atoms. The summed E-state index contributed by atoms with van der Waals surface area (Å²) in [7, 11) is 0. The number of hydrogen-bond acceptors (Lipinski definition) is 3. The zero-order valence-electron chi connectivity index (χ0n) is 8.79. The summed E-state index contributed by atoms with van der Waals surface area (Å²) >= 11 is 1.80. The Hall–Kier alpha value is -0.380. The zero-order chi connectivity index (χ0) is 10.1. The molecule has 2 nitrogen and oxygen atoms in total. The minimum atomic E-state index is 0.880. The van der Waals surface area contributed by atoms with Gasteiger partial charge in [0.2, 0.25) is 0 Å². The molecule has 1 aromatic rings. The molecule has 0 aliphatic carbocycles. The normalized spacial score (nSPS) is 10.6. The SMILES string of the molecule is CCCOCCCNCc1cccs1. The summed E-state index contributed by atoms with van der Waals surface area (Å²) in [5.41, 5.74) is 0. The molecule has 0 unspecified atom stereocenters. The summed E-state index contributed by atoms with van der Waals surface area (Å²) in [6, 6.07) is 4.25. The van der Waals surface area contributed by atoms with E-state index < -0.39 is 0 Å². The van der Waals surface area contributed by atoms with Crippen LogP contribution in [0, 0.1) is 0 Å². The highest BCUT2D eigenvalue weighted by Gasteiger charge is 1.92. The van der Waals surface area contributed by atoms with Gasteiger partial charge in [0.25, 0.3) is 0 Å². The first-order valence-corrected chi connectivity index (χ1v) is 6.12. The number of thiophene rings is 1. The summed E-state index contributed by atoms with van der Waals surface area (Å²) in [6.07, 6.45) is 2.22. The van der Waals surface area contributed by atoms with Crippen LogP contribution >= 0.6 is 11.3 Å². The van der Waals surface area contributed by atoms with Gasteiger partial charge in [-0.3, -0.25) is 0 Å². The molecule has 0 bridgehead atoms. The van der Waals surface area contributed by atoms with Crippen LogP contribution in [0.1, 0.15) is 24.6 Å². The van der Waals surface area contributed by atoms with E-state index in [1.165, 1.54) is 4.88 Å². The van der Waals surface area contributed by atoms with E-state index in [-0.39, 0.29) is 0 Å². The van der Waals surface area contributed by atoms with E-state index in [1.807, 2.05) is 0 Å². The maximum absolute atomic E-state index is 5.38. The molecule has 0 aromatic carbocycles. The van der Waals surface area contributed by atoms with E-state index in [0.717, 1.165) is 39.1 Å². The van der Waals surface area contributed by atoms with E-state index >= 15 is 0 Å². The van der Waals surface area contributed by atoms with Crippen LogP contribution in [0.4, 0.5) is 0 Å². The number of hydrogen-bond donors (Lipinski definition) is 1. The Labute approximate surface area is 90.3 Å². The molecular formula is C11H19NOS. The molecule has 0 aliphatic heterocycles. The van der Waals surface area contributed by atoms with Gasteiger partial charge in [0.05, 0.1) is 0 Å². The molecule has 0 saturated heterocycles. The van der Waals surface area contributed by atoms with E-state index in [1.54, 1.807) is 11.3 Å². The standard InChI is InChI=1S/C11H19NOS/c1-2-7-13-8-4-6-12-10-11-5-3-9-14-11/h3,5,9,12H,2,4,6-8,10H2,1H3. The van der Waals surface area contributed by atoms with Gasteiger partial charge >= 0.3 is 0 Å². The minimum absolute atomic E-state index is 0.880. The average molecular weight is 213 g/mol. The zero-order valence-corrected chi connectivity index (χ0v) is 9.61. The third kappa shape index (κ3) is 5.37. The van der Waals surface area contributed by atoms with Crippen molar-refractivity contribution in [3.8, 4) is 0 Å². The van der Waals surface area contributed by atoms with Crippen LogP contribution in [0.3, 0.4) is 0 Å². The van der Waals surface area contributed by atoms with Gasteiger partial charge in [-0.1, -0.05) is 13.0 Å².